The lowest BCUT2D eigenvalue weighted by Gasteiger charge is -2.29. The van der Waals surface area contributed by atoms with Crippen LogP contribution in [0.5, 0.6) is 0 Å². The molecule has 0 aromatic carbocycles. The lowest BCUT2D eigenvalue weighted by atomic mass is 10.0. The van der Waals surface area contributed by atoms with E-state index in [0.717, 1.165) is 31.4 Å². The fourth-order valence-electron chi connectivity index (χ4n) is 2.69. The van der Waals surface area contributed by atoms with Gasteiger partial charge in [-0.15, -0.1) is 24.0 Å². The minimum atomic E-state index is 0. The van der Waals surface area contributed by atoms with Gasteiger partial charge in [0.1, 0.15) is 0 Å². The summed E-state index contributed by atoms with van der Waals surface area (Å²) < 4.78 is 0. The normalized spacial score (nSPS) is 17.9. The Labute approximate surface area is 142 Å². The van der Waals surface area contributed by atoms with Crippen molar-refractivity contribution in [1.82, 2.24) is 15.5 Å². The number of aliphatic imine (C=N–C) groups is 1. The Morgan fingerprint density at radius 1 is 1.20 bits per heavy atom. The Kier molecular flexibility index (Phi) is 11.6. The SMILES string of the molecule is CCCNC(=NC)NCC(CC(C)C)N1CCCC1.I. The second-order valence-corrected chi connectivity index (χ2v) is 5.91. The van der Waals surface area contributed by atoms with E-state index in [1.54, 1.807) is 0 Å². The van der Waals surface area contributed by atoms with Crippen molar-refractivity contribution in [3.63, 3.8) is 0 Å². The van der Waals surface area contributed by atoms with Crippen LogP contribution in [0.4, 0.5) is 0 Å². The van der Waals surface area contributed by atoms with Crippen molar-refractivity contribution in [2.75, 3.05) is 33.2 Å². The van der Waals surface area contributed by atoms with Gasteiger partial charge >= 0.3 is 0 Å². The largest absolute Gasteiger partial charge is 0.356 e. The summed E-state index contributed by atoms with van der Waals surface area (Å²) in [5, 5.41) is 6.82. The molecule has 1 heterocycles. The highest BCUT2D eigenvalue weighted by molar-refractivity contribution is 14.0. The number of rotatable bonds is 7. The predicted molar refractivity (Wildman–Crippen MR) is 99.1 cm³/mol. The van der Waals surface area contributed by atoms with Crippen LogP contribution in [0.25, 0.3) is 0 Å². The topological polar surface area (TPSA) is 39.7 Å². The van der Waals surface area contributed by atoms with Gasteiger partial charge in [0.05, 0.1) is 0 Å². The first kappa shape index (κ1) is 20.0. The van der Waals surface area contributed by atoms with Crippen molar-refractivity contribution in [1.29, 1.82) is 0 Å². The molecule has 0 spiro atoms. The van der Waals surface area contributed by atoms with E-state index in [2.05, 4.69) is 41.3 Å². The Bertz CT molecular complexity index is 263. The van der Waals surface area contributed by atoms with Crippen molar-refractivity contribution >= 4 is 29.9 Å². The van der Waals surface area contributed by atoms with Gasteiger partial charge in [-0.05, 0) is 44.7 Å². The highest BCUT2D eigenvalue weighted by atomic mass is 127. The van der Waals surface area contributed by atoms with Crippen LogP contribution >= 0.6 is 24.0 Å². The quantitative estimate of drug-likeness (QED) is 0.395. The van der Waals surface area contributed by atoms with Crippen LogP contribution < -0.4 is 10.6 Å². The Morgan fingerprint density at radius 3 is 2.35 bits per heavy atom. The molecular formula is C15H33IN4. The van der Waals surface area contributed by atoms with E-state index in [1.165, 1.54) is 32.4 Å². The van der Waals surface area contributed by atoms with E-state index >= 15 is 0 Å². The first-order chi connectivity index (χ1) is 9.17. The first-order valence-electron chi connectivity index (χ1n) is 7.86. The summed E-state index contributed by atoms with van der Waals surface area (Å²) in [6, 6.07) is 0.641. The molecule has 20 heavy (non-hydrogen) atoms. The Hall–Kier alpha value is -0.0400. The molecule has 0 aromatic rings. The summed E-state index contributed by atoms with van der Waals surface area (Å²) in [5.74, 6) is 1.69. The van der Waals surface area contributed by atoms with Crippen molar-refractivity contribution in [3.05, 3.63) is 0 Å². The zero-order valence-corrected chi connectivity index (χ0v) is 15.9. The van der Waals surface area contributed by atoms with Crippen LogP contribution in [0, 0.1) is 5.92 Å². The van der Waals surface area contributed by atoms with Gasteiger partial charge in [0.25, 0.3) is 0 Å². The van der Waals surface area contributed by atoms with E-state index in [-0.39, 0.29) is 24.0 Å². The summed E-state index contributed by atoms with van der Waals surface area (Å²) in [4.78, 5) is 6.92. The molecule has 1 fully saturated rings. The van der Waals surface area contributed by atoms with Gasteiger partial charge < -0.3 is 10.6 Å². The van der Waals surface area contributed by atoms with Gasteiger partial charge in [0.2, 0.25) is 0 Å². The van der Waals surface area contributed by atoms with Gasteiger partial charge in [-0.2, -0.15) is 0 Å². The summed E-state index contributed by atoms with van der Waals surface area (Å²) in [6.45, 7) is 11.3. The van der Waals surface area contributed by atoms with Crippen LogP contribution in [0.15, 0.2) is 4.99 Å². The van der Waals surface area contributed by atoms with E-state index in [9.17, 15) is 0 Å². The molecule has 0 radical (unpaired) electrons. The minimum absolute atomic E-state index is 0. The van der Waals surface area contributed by atoms with Gasteiger partial charge in [0.15, 0.2) is 5.96 Å². The Morgan fingerprint density at radius 2 is 1.85 bits per heavy atom. The fraction of sp³-hybridized carbons (Fsp3) is 0.933. The number of halogens is 1. The summed E-state index contributed by atoms with van der Waals surface area (Å²) in [5.41, 5.74) is 0. The zero-order chi connectivity index (χ0) is 14.1. The number of guanidine groups is 1. The number of hydrogen-bond donors (Lipinski definition) is 2. The highest BCUT2D eigenvalue weighted by Gasteiger charge is 2.22. The summed E-state index contributed by atoms with van der Waals surface area (Å²) in [7, 11) is 1.85. The average Bonchev–Trinajstić information content (AvgIpc) is 2.91. The average molecular weight is 396 g/mol. The predicted octanol–water partition coefficient (Wildman–Crippen LogP) is 2.69. The van der Waals surface area contributed by atoms with Crippen molar-refractivity contribution < 1.29 is 0 Å². The third-order valence-electron chi connectivity index (χ3n) is 3.67. The maximum atomic E-state index is 4.28. The zero-order valence-electron chi connectivity index (χ0n) is 13.6. The van der Waals surface area contributed by atoms with Gasteiger partial charge in [0, 0.05) is 26.2 Å². The molecule has 0 aromatic heterocycles. The van der Waals surface area contributed by atoms with E-state index in [1.807, 2.05) is 7.05 Å². The second kappa shape index (κ2) is 11.6. The van der Waals surface area contributed by atoms with Crippen molar-refractivity contribution in [2.45, 2.75) is 52.5 Å². The van der Waals surface area contributed by atoms with Crippen LogP contribution in [0.3, 0.4) is 0 Å². The molecule has 1 rings (SSSR count). The molecule has 120 valence electrons. The molecule has 5 heteroatoms. The van der Waals surface area contributed by atoms with E-state index in [4.69, 9.17) is 0 Å². The lowest BCUT2D eigenvalue weighted by molar-refractivity contribution is 0.213. The molecule has 1 aliphatic rings. The van der Waals surface area contributed by atoms with Crippen LogP contribution in [-0.4, -0.2) is 50.1 Å². The van der Waals surface area contributed by atoms with Crippen molar-refractivity contribution in [3.8, 4) is 0 Å². The van der Waals surface area contributed by atoms with Crippen molar-refractivity contribution in [2.24, 2.45) is 10.9 Å². The molecular weight excluding hydrogens is 363 g/mol. The number of nitrogens with one attached hydrogen (secondary N) is 2. The second-order valence-electron chi connectivity index (χ2n) is 5.91. The molecule has 0 amide bonds. The van der Waals surface area contributed by atoms with Crippen LogP contribution in [0.1, 0.15) is 46.5 Å². The fourth-order valence-corrected chi connectivity index (χ4v) is 2.69. The number of hydrogen-bond acceptors (Lipinski definition) is 2. The van der Waals surface area contributed by atoms with Gasteiger partial charge in [-0.3, -0.25) is 9.89 Å². The molecule has 1 unspecified atom stereocenters. The monoisotopic (exact) mass is 396 g/mol. The third kappa shape index (κ3) is 7.67. The Balaban J connectivity index is 0.00000361. The molecule has 0 aliphatic carbocycles. The van der Waals surface area contributed by atoms with Crippen LogP contribution in [0.2, 0.25) is 0 Å². The molecule has 1 aliphatic heterocycles. The summed E-state index contributed by atoms with van der Waals surface area (Å²) in [6.07, 6.45) is 5.11. The van der Waals surface area contributed by atoms with E-state index < -0.39 is 0 Å². The molecule has 1 saturated heterocycles. The molecule has 0 bridgehead atoms. The molecule has 0 saturated carbocycles. The molecule has 2 N–H and O–H groups in total. The van der Waals surface area contributed by atoms with Crippen LogP contribution in [-0.2, 0) is 0 Å². The van der Waals surface area contributed by atoms with Gasteiger partial charge in [-0.1, -0.05) is 20.8 Å². The third-order valence-corrected chi connectivity index (χ3v) is 3.67. The highest BCUT2D eigenvalue weighted by Crippen LogP contribution is 2.17. The lowest BCUT2D eigenvalue weighted by Crippen LogP contribution is -2.47. The minimum Gasteiger partial charge on any atom is -0.356 e. The number of likely N-dealkylation sites (tertiary alicyclic amines) is 1. The number of nitrogens with zero attached hydrogens (tertiary/aromatic N) is 2. The molecule has 4 nitrogen and oxygen atoms in total. The maximum Gasteiger partial charge on any atom is 0.191 e. The standard InChI is InChI=1S/C15H32N4.HI/c1-5-8-17-15(16-4)18-12-14(11-13(2)3)19-9-6-7-10-19;/h13-14H,5-12H2,1-4H3,(H2,16,17,18);1H. The molecule has 1 atom stereocenters. The first-order valence-corrected chi connectivity index (χ1v) is 7.86. The smallest absolute Gasteiger partial charge is 0.191 e. The van der Waals surface area contributed by atoms with E-state index in [0.29, 0.717) is 6.04 Å². The van der Waals surface area contributed by atoms with Gasteiger partial charge in [-0.25, -0.2) is 0 Å². The maximum absolute atomic E-state index is 4.28. The summed E-state index contributed by atoms with van der Waals surface area (Å²) >= 11 is 0.